The number of piperidine rings is 1. The zero-order chi connectivity index (χ0) is 16.9. The second kappa shape index (κ2) is 7.97. The van der Waals surface area contributed by atoms with E-state index in [1.165, 1.54) is 31.5 Å². The van der Waals surface area contributed by atoms with E-state index in [-0.39, 0.29) is 0 Å². The van der Waals surface area contributed by atoms with Gasteiger partial charge in [0.2, 0.25) is 5.91 Å². The number of carbonyl (C=O) groups is 1. The minimum atomic E-state index is 0.333. The van der Waals surface area contributed by atoms with E-state index in [2.05, 4.69) is 34.0 Å². The summed E-state index contributed by atoms with van der Waals surface area (Å²) in [5.41, 5.74) is 2.26. The number of pyridine rings is 1. The molecule has 24 heavy (non-hydrogen) atoms. The predicted octanol–water partition coefficient (Wildman–Crippen LogP) is 2.30. The van der Waals surface area contributed by atoms with E-state index in [0.29, 0.717) is 18.4 Å². The molecule has 0 saturated carbocycles. The number of amides is 1. The average Bonchev–Trinajstić information content (AvgIpc) is 2.61. The van der Waals surface area contributed by atoms with E-state index < -0.39 is 0 Å². The number of piperazine rings is 1. The smallest absolute Gasteiger partial charge is 0.222 e. The van der Waals surface area contributed by atoms with Crippen LogP contribution < -0.4 is 4.90 Å². The molecule has 0 bridgehead atoms. The molecule has 2 saturated heterocycles. The van der Waals surface area contributed by atoms with Crippen LogP contribution in [-0.4, -0.2) is 66.5 Å². The third kappa shape index (κ3) is 4.26. The Morgan fingerprint density at radius 1 is 1.21 bits per heavy atom. The molecule has 3 heterocycles. The molecular weight excluding hydrogens is 300 g/mol. The summed E-state index contributed by atoms with van der Waals surface area (Å²) in [4.78, 5) is 23.6. The van der Waals surface area contributed by atoms with Crippen molar-refractivity contribution in [2.45, 2.75) is 45.1 Å². The van der Waals surface area contributed by atoms with Crippen LogP contribution >= 0.6 is 0 Å². The van der Waals surface area contributed by atoms with Crippen molar-refractivity contribution in [2.24, 2.45) is 0 Å². The van der Waals surface area contributed by atoms with Crippen molar-refractivity contribution in [2.75, 3.05) is 44.7 Å². The predicted molar refractivity (Wildman–Crippen MR) is 97.3 cm³/mol. The van der Waals surface area contributed by atoms with Crippen molar-refractivity contribution < 1.29 is 4.79 Å². The highest BCUT2D eigenvalue weighted by atomic mass is 16.2. The molecule has 0 spiro atoms. The molecule has 132 valence electrons. The van der Waals surface area contributed by atoms with Crippen LogP contribution in [0.2, 0.25) is 0 Å². The molecule has 3 rings (SSSR count). The molecular formula is C19H30N4O. The van der Waals surface area contributed by atoms with Crippen LogP contribution in [0.15, 0.2) is 18.3 Å². The minimum absolute atomic E-state index is 0.333. The van der Waals surface area contributed by atoms with Gasteiger partial charge in [0, 0.05) is 56.2 Å². The van der Waals surface area contributed by atoms with Gasteiger partial charge < -0.3 is 14.7 Å². The maximum atomic E-state index is 12.5. The van der Waals surface area contributed by atoms with Crippen LogP contribution in [0.25, 0.3) is 0 Å². The van der Waals surface area contributed by atoms with Crippen LogP contribution in [0.1, 0.15) is 37.8 Å². The summed E-state index contributed by atoms with van der Waals surface area (Å²) >= 11 is 0. The van der Waals surface area contributed by atoms with Gasteiger partial charge in [0.15, 0.2) is 0 Å². The highest BCUT2D eigenvalue weighted by Gasteiger charge is 2.24. The van der Waals surface area contributed by atoms with Crippen molar-refractivity contribution >= 4 is 11.6 Å². The largest absolute Gasteiger partial charge is 0.368 e. The highest BCUT2D eigenvalue weighted by Crippen LogP contribution is 2.20. The molecule has 1 aromatic rings. The van der Waals surface area contributed by atoms with Crippen molar-refractivity contribution in [1.82, 2.24) is 14.8 Å². The molecule has 0 N–H and O–H groups in total. The fraction of sp³-hybridized carbons (Fsp3) is 0.684. The Bertz CT molecular complexity index is 554. The lowest BCUT2D eigenvalue weighted by atomic mass is 9.98. The van der Waals surface area contributed by atoms with E-state index >= 15 is 0 Å². The van der Waals surface area contributed by atoms with Gasteiger partial charge in [0.05, 0.1) is 0 Å². The van der Waals surface area contributed by atoms with Gasteiger partial charge in [0.25, 0.3) is 0 Å². The third-order valence-electron chi connectivity index (χ3n) is 5.49. The second-order valence-electron chi connectivity index (χ2n) is 7.19. The highest BCUT2D eigenvalue weighted by molar-refractivity contribution is 5.76. The number of carbonyl (C=O) groups excluding carboxylic acids is 1. The van der Waals surface area contributed by atoms with Gasteiger partial charge in [-0.15, -0.1) is 0 Å². The molecule has 0 aromatic carbocycles. The minimum Gasteiger partial charge on any atom is -0.368 e. The van der Waals surface area contributed by atoms with Gasteiger partial charge >= 0.3 is 0 Å². The summed E-state index contributed by atoms with van der Waals surface area (Å²) in [6, 6.07) is 4.78. The summed E-state index contributed by atoms with van der Waals surface area (Å²) in [6.45, 7) is 6.70. The molecule has 5 nitrogen and oxygen atoms in total. The topological polar surface area (TPSA) is 39.7 Å². The van der Waals surface area contributed by atoms with Crippen molar-refractivity contribution in [3.63, 3.8) is 0 Å². The lowest BCUT2D eigenvalue weighted by Crippen LogP contribution is -2.49. The van der Waals surface area contributed by atoms with Gasteiger partial charge in [-0.05, 0) is 51.9 Å². The molecule has 1 aromatic heterocycles. The quantitative estimate of drug-likeness (QED) is 0.849. The number of aryl methyl sites for hydroxylation is 1. The van der Waals surface area contributed by atoms with Crippen LogP contribution in [-0.2, 0) is 4.79 Å². The van der Waals surface area contributed by atoms with E-state index in [0.717, 1.165) is 38.3 Å². The van der Waals surface area contributed by atoms with Gasteiger partial charge in [-0.1, -0.05) is 6.42 Å². The Hall–Kier alpha value is -1.62. The monoisotopic (exact) mass is 330 g/mol. The molecule has 1 unspecified atom stereocenters. The molecule has 2 aliphatic heterocycles. The van der Waals surface area contributed by atoms with E-state index in [1.54, 1.807) is 0 Å². The van der Waals surface area contributed by atoms with Crippen LogP contribution in [0, 0.1) is 6.92 Å². The summed E-state index contributed by atoms with van der Waals surface area (Å²) in [5.74, 6) is 0.333. The zero-order valence-electron chi connectivity index (χ0n) is 15.1. The number of anilines is 1. The standard InChI is InChI=1S/C19H30N4O/c1-16-15-18(8-9-20-16)22-11-13-23(14-12-22)19(24)7-6-17-5-3-4-10-21(17)2/h8-9,15,17H,3-7,10-14H2,1-2H3. The Kier molecular flexibility index (Phi) is 5.72. The molecule has 1 atom stereocenters. The van der Waals surface area contributed by atoms with Gasteiger partial charge in [-0.25, -0.2) is 0 Å². The van der Waals surface area contributed by atoms with Crippen molar-refractivity contribution in [3.8, 4) is 0 Å². The first kappa shape index (κ1) is 17.2. The average molecular weight is 330 g/mol. The number of likely N-dealkylation sites (tertiary alicyclic amines) is 1. The van der Waals surface area contributed by atoms with Gasteiger partial charge in [-0.2, -0.15) is 0 Å². The van der Waals surface area contributed by atoms with E-state index in [4.69, 9.17) is 0 Å². The summed E-state index contributed by atoms with van der Waals surface area (Å²) < 4.78 is 0. The van der Waals surface area contributed by atoms with Crippen LogP contribution in [0.4, 0.5) is 5.69 Å². The molecule has 0 radical (unpaired) electrons. The van der Waals surface area contributed by atoms with E-state index in [9.17, 15) is 4.79 Å². The first-order valence-electron chi connectivity index (χ1n) is 9.29. The molecule has 0 aliphatic carbocycles. The van der Waals surface area contributed by atoms with Crippen molar-refractivity contribution in [1.29, 1.82) is 0 Å². The van der Waals surface area contributed by atoms with Gasteiger partial charge in [0.1, 0.15) is 0 Å². The number of hydrogen-bond donors (Lipinski definition) is 0. The normalized spacial score (nSPS) is 22.7. The molecule has 1 amide bonds. The molecule has 5 heteroatoms. The Balaban J connectivity index is 1.45. The maximum Gasteiger partial charge on any atom is 0.222 e. The fourth-order valence-electron chi connectivity index (χ4n) is 3.90. The van der Waals surface area contributed by atoms with Crippen LogP contribution in [0.5, 0.6) is 0 Å². The van der Waals surface area contributed by atoms with Gasteiger partial charge in [-0.3, -0.25) is 9.78 Å². The Morgan fingerprint density at radius 3 is 2.71 bits per heavy atom. The van der Waals surface area contributed by atoms with Crippen LogP contribution in [0.3, 0.4) is 0 Å². The lowest BCUT2D eigenvalue weighted by Gasteiger charge is -2.37. The third-order valence-corrected chi connectivity index (χ3v) is 5.49. The first-order valence-corrected chi connectivity index (χ1v) is 9.29. The van der Waals surface area contributed by atoms with E-state index in [1.807, 2.05) is 18.0 Å². The number of rotatable bonds is 4. The number of nitrogens with zero attached hydrogens (tertiary/aromatic N) is 4. The lowest BCUT2D eigenvalue weighted by molar-refractivity contribution is -0.131. The van der Waals surface area contributed by atoms with Crippen molar-refractivity contribution in [3.05, 3.63) is 24.0 Å². The Labute approximate surface area is 145 Å². The second-order valence-corrected chi connectivity index (χ2v) is 7.19. The maximum absolute atomic E-state index is 12.5. The Morgan fingerprint density at radius 2 is 2.00 bits per heavy atom. The summed E-state index contributed by atoms with van der Waals surface area (Å²) in [7, 11) is 2.20. The number of aromatic nitrogens is 1. The zero-order valence-corrected chi connectivity index (χ0v) is 15.1. The first-order chi connectivity index (χ1) is 11.6. The SMILES string of the molecule is Cc1cc(N2CCN(C(=O)CCC3CCCCN3C)CC2)ccn1. The molecule has 2 aliphatic rings. The summed E-state index contributed by atoms with van der Waals surface area (Å²) in [6.07, 6.45) is 7.44. The fourth-order valence-corrected chi connectivity index (χ4v) is 3.90. The molecule has 2 fully saturated rings. The number of hydrogen-bond acceptors (Lipinski definition) is 4. The summed E-state index contributed by atoms with van der Waals surface area (Å²) in [5, 5.41) is 0.